The molecule has 4 nitrogen and oxygen atoms in total. The van der Waals surface area contributed by atoms with Gasteiger partial charge in [0.25, 0.3) is 0 Å². The Labute approximate surface area is 138 Å². The van der Waals surface area contributed by atoms with Crippen LogP contribution in [0.5, 0.6) is 5.75 Å². The van der Waals surface area contributed by atoms with Crippen LogP contribution in [0.2, 0.25) is 15.1 Å². The van der Waals surface area contributed by atoms with Gasteiger partial charge in [0, 0.05) is 12.1 Å². The Morgan fingerprint density at radius 3 is 2.19 bits per heavy atom. The first-order chi connectivity index (χ1) is 9.93. The van der Waals surface area contributed by atoms with E-state index in [-0.39, 0.29) is 33.7 Å². The number of unbranched alkanes of at least 4 members (excludes halogenated alkanes) is 1. The van der Waals surface area contributed by atoms with Crippen molar-refractivity contribution in [1.29, 1.82) is 0 Å². The van der Waals surface area contributed by atoms with Crippen LogP contribution in [0.3, 0.4) is 0 Å². The number of rotatable bonds is 7. The number of benzene rings is 1. The zero-order chi connectivity index (χ0) is 15.8. The van der Waals surface area contributed by atoms with E-state index < -0.39 is 11.9 Å². The number of ether oxygens (including phenoxy) is 2. The maximum atomic E-state index is 11.6. The smallest absolute Gasteiger partial charge is 0.311 e. The zero-order valence-electron chi connectivity index (χ0n) is 11.5. The van der Waals surface area contributed by atoms with Crippen LogP contribution < -0.4 is 4.74 Å². The molecule has 0 radical (unpaired) electrons. The molecule has 7 heteroatoms. The fourth-order valence-corrected chi connectivity index (χ4v) is 1.96. The van der Waals surface area contributed by atoms with Gasteiger partial charge in [-0.2, -0.15) is 0 Å². The van der Waals surface area contributed by atoms with Gasteiger partial charge in [0.1, 0.15) is 5.75 Å². The van der Waals surface area contributed by atoms with Crippen LogP contribution in [0.1, 0.15) is 32.6 Å². The number of carbonyl (C=O) groups is 2. The minimum atomic E-state index is -0.572. The maximum Gasteiger partial charge on any atom is 0.311 e. The van der Waals surface area contributed by atoms with Crippen LogP contribution in [0.25, 0.3) is 0 Å². The van der Waals surface area contributed by atoms with Crippen molar-refractivity contribution in [2.24, 2.45) is 0 Å². The molecule has 0 unspecified atom stereocenters. The highest BCUT2D eigenvalue weighted by Crippen LogP contribution is 2.34. The van der Waals surface area contributed by atoms with E-state index >= 15 is 0 Å². The van der Waals surface area contributed by atoms with Gasteiger partial charge in [-0.25, -0.2) is 0 Å². The van der Waals surface area contributed by atoms with Crippen LogP contribution in [-0.4, -0.2) is 18.5 Å². The molecule has 0 fully saturated rings. The molecule has 0 aliphatic heterocycles. The SMILES string of the molecule is CCCCOC(=O)CCC(=O)Oc1cc(Cl)c(Cl)c(Cl)c1. The minimum absolute atomic E-state index is 0.0302. The monoisotopic (exact) mass is 352 g/mol. The van der Waals surface area contributed by atoms with Crippen LogP contribution in [0.15, 0.2) is 12.1 Å². The molecular formula is C14H15Cl3O4. The zero-order valence-corrected chi connectivity index (χ0v) is 13.7. The van der Waals surface area contributed by atoms with E-state index in [1.54, 1.807) is 0 Å². The van der Waals surface area contributed by atoms with Crippen molar-refractivity contribution in [2.75, 3.05) is 6.61 Å². The molecule has 0 saturated heterocycles. The normalized spacial score (nSPS) is 10.3. The van der Waals surface area contributed by atoms with Gasteiger partial charge < -0.3 is 9.47 Å². The van der Waals surface area contributed by atoms with E-state index in [0.717, 1.165) is 12.8 Å². The van der Waals surface area contributed by atoms with Crippen molar-refractivity contribution in [3.63, 3.8) is 0 Å². The Morgan fingerprint density at radius 2 is 1.62 bits per heavy atom. The molecule has 0 spiro atoms. The molecule has 0 N–H and O–H groups in total. The first kappa shape index (κ1) is 18.1. The van der Waals surface area contributed by atoms with E-state index in [4.69, 9.17) is 44.3 Å². The van der Waals surface area contributed by atoms with Crippen LogP contribution in [0, 0.1) is 0 Å². The van der Waals surface area contributed by atoms with Crippen molar-refractivity contribution < 1.29 is 19.1 Å². The highest BCUT2D eigenvalue weighted by atomic mass is 35.5. The number of halogens is 3. The molecule has 0 bridgehead atoms. The van der Waals surface area contributed by atoms with Gasteiger partial charge in [-0.15, -0.1) is 0 Å². The average molecular weight is 354 g/mol. The Morgan fingerprint density at radius 1 is 1.05 bits per heavy atom. The molecule has 0 atom stereocenters. The first-order valence-corrected chi connectivity index (χ1v) is 7.58. The second-order valence-electron chi connectivity index (χ2n) is 4.25. The Bertz CT molecular complexity index is 494. The van der Waals surface area contributed by atoms with Gasteiger partial charge in [0.15, 0.2) is 0 Å². The highest BCUT2D eigenvalue weighted by Gasteiger charge is 2.12. The summed E-state index contributed by atoms with van der Waals surface area (Å²) in [5.74, 6) is -0.816. The summed E-state index contributed by atoms with van der Waals surface area (Å²) in [6, 6.07) is 2.76. The van der Waals surface area contributed by atoms with Gasteiger partial charge >= 0.3 is 11.9 Å². The summed E-state index contributed by atoms with van der Waals surface area (Å²) >= 11 is 17.4. The molecule has 1 aromatic rings. The third-order valence-electron chi connectivity index (χ3n) is 2.48. The fourth-order valence-electron chi connectivity index (χ4n) is 1.38. The number of hydrogen-bond acceptors (Lipinski definition) is 4. The number of hydrogen-bond donors (Lipinski definition) is 0. The molecule has 0 amide bonds. The third kappa shape index (κ3) is 6.55. The second kappa shape index (κ2) is 9.13. The van der Waals surface area contributed by atoms with E-state index in [9.17, 15) is 9.59 Å². The molecule has 0 saturated carbocycles. The average Bonchev–Trinajstić information content (AvgIpc) is 2.43. The number of carbonyl (C=O) groups excluding carboxylic acids is 2. The van der Waals surface area contributed by atoms with Gasteiger partial charge in [0.2, 0.25) is 0 Å². The molecule has 0 heterocycles. The third-order valence-corrected chi connectivity index (χ3v) is 3.68. The van der Waals surface area contributed by atoms with Gasteiger partial charge in [-0.3, -0.25) is 9.59 Å². The predicted molar refractivity (Wildman–Crippen MR) is 82.2 cm³/mol. The quantitative estimate of drug-likeness (QED) is 0.309. The standard InChI is InChI=1S/C14H15Cl3O4/c1-2-3-6-20-12(18)4-5-13(19)21-9-7-10(15)14(17)11(16)8-9/h7-8H,2-6H2,1H3. The number of esters is 2. The fraction of sp³-hybridized carbons (Fsp3) is 0.429. The summed E-state index contributed by atoms with van der Waals surface area (Å²) < 4.78 is 9.96. The van der Waals surface area contributed by atoms with Gasteiger partial charge in [-0.1, -0.05) is 48.1 Å². The summed E-state index contributed by atoms with van der Waals surface area (Å²) in [5, 5.41) is 0.564. The molecule has 0 aliphatic carbocycles. The topological polar surface area (TPSA) is 52.6 Å². The van der Waals surface area contributed by atoms with Crippen molar-refractivity contribution in [3.8, 4) is 5.75 Å². The maximum absolute atomic E-state index is 11.6. The molecule has 21 heavy (non-hydrogen) atoms. The molecular weight excluding hydrogens is 339 g/mol. The molecule has 0 aliphatic rings. The first-order valence-electron chi connectivity index (χ1n) is 6.45. The lowest BCUT2D eigenvalue weighted by atomic mass is 10.3. The summed E-state index contributed by atoms with van der Waals surface area (Å²) in [6.45, 7) is 2.36. The van der Waals surface area contributed by atoms with Crippen LogP contribution >= 0.6 is 34.8 Å². The lowest BCUT2D eigenvalue weighted by Crippen LogP contribution is -2.12. The summed E-state index contributed by atoms with van der Waals surface area (Å²) in [6.07, 6.45) is 1.63. The molecule has 1 rings (SSSR count). The van der Waals surface area contributed by atoms with Crippen LogP contribution in [0.4, 0.5) is 0 Å². The summed E-state index contributed by atoms with van der Waals surface area (Å²) in [4.78, 5) is 22.9. The largest absolute Gasteiger partial charge is 0.466 e. The van der Waals surface area contributed by atoms with Gasteiger partial charge in [0.05, 0.1) is 34.5 Å². The Hall–Kier alpha value is -0.970. The van der Waals surface area contributed by atoms with E-state index in [1.807, 2.05) is 6.92 Å². The highest BCUT2D eigenvalue weighted by molar-refractivity contribution is 6.48. The van der Waals surface area contributed by atoms with E-state index in [2.05, 4.69) is 0 Å². The van der Waals surface area contributed by atoms with Crippen molar-refractivity contribution in [1.82, 2.24) is 0 Å². The van der Waals surface area contributed by atoms with E-state index in [0.29, 0.717) is 6.61 Å². The second-order valence-corrected chi connectivity index (χ2v) is 5.44. The van der Waals surface area contributed by atoms with Crippen LogP contribution in [-0.2, 0) is 14.3 Å². The summed E-state index contributed by atoms with van der Waals surface area (Å²) in [5.41, 5.74) is 0. The van der Waals surface area contributed by atoms with E-state index in [1.165, 1.54) is 12.1 Å². The summed E-state index contributed by atoms with van der Waals surface area (Å²) in [7, 11) is 0. The van der Waals surface area contributed by atoms with Gasteiger partial charge in [-0.05, 0) is 6.42 Å². The lowest BCUT2D eigenvalue weighted by molar-refractivity contribution is -0.147. The molecule has 1 aromatic carbocycles. The minimum Gasteiger partial charge on any atom is -0.466 e. The molecule has 0 aromatic heterocycles. The Kier molecular flexibility index (Phi) is 7.86. The Balaban J connectivity index is 2.42. The van der Waals surface area contributed by atoms with Crippen molar-refractivity contribution >= 4 is 46.7 Å². The lowest BCUT2D eigenvalue weighted by Gasteiger charge is -2.07. The predicted octanol–water partition coefficient (Wildman–Crippen LogP) is 4.68. The van der Waals surface area contributed by atoms with Crippen molar-refractivity contribution in [2.45, 2.75) is 32.6 Å². The molecule has 116 valence electrons. The van der Waals surface area contributed by atoms with Crippen molar-refractivity contribution in [3.05, 3.63) is 27.2 Å².